The molecular weight excluding hydrogens is 553 g/mol. The third-order valence-corrected chi connectivity index (χ3v) is 8.76. The van der Waals surface area contributed by atoms with Crippen LogP contribution in [0.1, 0.15) is 29.5 Å². The van der Waals surface area contributed by atoms with Gasteiger partial charge in [0.05, 0.1) is 41.4 Å². The second kappa shape index (κ2) is 10.3. The zero-order valence-corrected chi connectivity index (χ0v) is 22.2. The lowest BCUT2D eigenvalue weighted by molar-refractivity contribution is -0.138. The molecule has 2 aromatic carbocycles. The number of thioether (sulfide) groups is 1. The second-order valence-electron chi connectivity index (χ2n) is 9.99. The molecule has 2 atom stereocenters. The molecule has 204 valence electrons. The van der Waals surface area contributed by atoms with E-state index in [2.05, 4.69) is 15.1 Å². The molecule has 3 fully saturated rings. The lowest BCUT2D eigenvalue weighted by Crippen LogP contribution is -2.50. The van der Waals surface area contributed by atoms with E-state index in [-0.39, 0.29) is 34.6 Å². The van der Waals surface area contributed by atoms with Gasteiger partial charge in [-0.05, 0) is 78.5 Å². The van der Waals surface area contributed by atoms with Gasteiger partial charge in [-0.1, -0.05) is 23.7 Å². The standard InChI is InChI=1S/C27H24ClF3N4O3S/c28-18-5-3-16(22(10-18)27(29,30)31)9-21(15-4-6-23-17(8-15)11-32-33-23)24-25(36)35(26(37)39-24)13-20-12-34-7-1-2-19(34)14-38-20/h3-6,8,10-11,19-20H,1-2,7,9,12-14H2,(H,32,33)/b24-21-/t19-,20+/m0/s1. The van der Waals surface area contributed by atoms with Crippen LogP contribution in [0.2, 0.25) is 5.02 Å². The zero-order valence-electron chi connectivity index (χ0n) is 20.6. The number of carbonyl (C=O) groups is 2. The van der Waals surface area contributed by atoms with E-state index in [1.54, 1.807) is 24.4 Å². The molecule has 12 heteroatoms. The molecule has 3 saturated heterocycles. The maximum Gasteiger partial charge on any atom is 0.416 e. The first-order valence-corrected chi connectivity index (χ1v) is 13.8. The molecule has 0 bridgehead atoms. The van der Waals surface area contributed by atoms with Crippen LogP contribution in [-0.2, 0) is 22.1 Å². The fourth-order valence-corrected chi connectivity index (χ4v) is 6.67. The monoisotopic (exact) mass is 576 g/mol. The summed E-state index contributed by atoms with van der Waals surface area (Å²) in [5.41, 5.74) is 0.680. The van der Waals surface area contributed by atoms with Crippen LogP contribution in [0.4, 0.5) is 18.0 Å². The van der Waals surface area contributed by atoms with E-state index in [0.29, 0.717) is 30.3 Å². The molecule has 4 heterocycles. The Bertz CT molecular complexity index is 1490. The van der Waals surface area contributed by atoms with Crippen molar-refractivity contribution in [3.05, 3.63) is 69.2 Å². The van der Waals surface area contributed by atoms with Crippen LogP contribution >= 0.6 is 23.4 Å². The lowest BCUT2D eigenvalue weighted by atomic mass is 9.93. The smallest absolute Gasteiger partial charge is 0.373 e. The van der Waals surface area contributed by atoms with E-state index in [9.17, 15) is 22.8 Å². The molecular formula is C27H24ClF3N4O3S. The number of H-pyrrole nitrogens is 1. The summed E-state index contributed by atoms with van der Waals surface area (Å²) in [4.78, 5) is 30.3. The number of aromatic nitrogens is 2. The van der Waals surface area contributed by atoms with Gasteiger partial charge in [-0.15, -0.1) is 0 Å². The number of hydrogen-bond donors (Lipinski definition) is 1. The van der Waals surface area contributed by atoms with Crippen molar-refractivity contribution in [1.29, 1.82) is 0 Å². The molecule has 39 heavy (non-hydrogen) atoms. The van der Waals surface area contributed by atoms with E-state index < -0.39 is 22.9 Å². The Morgan fingerprint density at radius 3 is 2.87 bits per heavy atom. The van der Waals surface area contributed by atoms with Gasteiger partial charge in [-0.2, -0.15) is 18.3 Å². The molecule has 1 N–H and O–H groups in total. The van der Waals surface area contributed by atoms with Crippen molar-refractivity contribution in [3.8, 4) is 0 Å². The van der Waals surface area contributed by atoms with Crippen LogP contribution in [-0.4, -0.2) is 69.5 Å². The number of imide groups is 1. The Morgan fingerprint density at radius 1 is 1.21 bits per heavy atom. The number of rotatable bonds is 5. The highest BCUT2D eigenvalue weighted by Crippen LogP contribution is 2.41. The third kappa shape index (κ3) is 5.20. The highest BCUT2D eigenvalue weighted by molar-refractivity contribution is 8.18. The maximum absolute atomic E-state index is 13.9. The highest BCUT2D eigenvalue weighted by Gasteiger charge is 2.41. The first-order valence-electron chi connectivity index (χ1n) is 12.6. The maximum atomic E-state index is 13.9. The van der Waals surface area contributed by atoms with Gasteiger partial charge >= 0.3 is 6.18 Å². The van der Waals surface area contributed by atoms with Gasteiger partial charge < -0.3 is 4.74 Å². The number of aromatic amines is 1. The molecule has 6 rings (SSSR count). The second-order valence-corrected chi connectivity index (χ2v) is 11.4. The minimum atomic E-state index is -4.65. The molecule has 7 nitrogen and oxygen atoms in total. The van der Waals surface area contributed by atoms with Gasteiger partial charge in [0.15, 0.2) is 0 Å². The molecule has 3 aliphatic heterocycles. The Morgan fingerprint density at radius 2 is 2.05 bits per heavy atom. The van der Waals surface area contributed by atoms with Crippen LogP contribution in [0.5, 0.6) is 0 Å². The van der Waals surface area contributed by atoms with Crippen LogP contribution in [0.15, 0.2) is 47.5 Å². The zero-order chi connectivity index (χ0) is 27.3. The SMILES string of the molecule is O=C1S/C(=C(/Cc2ccc(Cl)cc2C(F)(F)F)c2ccc3[nH]ncc3c2)C(=O)N1C[C@H]1CN2CCC[C@H]2CO1. The molecule has 0 radical (unpaired) electrons. The van der Waals surface area contributed by atoms with E-state index in [4.69, 9.17) is 16.3 Å². The van der Waals surface area contributed by atoms with Crippen molar-refractivity contribution in [3.63, 3.8) is 0 Å². The highest BCUT2D eigenvalue weighted by atomic mass is 35.5. The van der Waals surface area contributed by atoms with Crippen molar-refractivity contribution in [2.45, 2.75) is 37.6 Å². The summed E-state index contributed by atoms with van der Waals surface area (Å²) >= 11 is 6.65. The Labute approximate surface area is 231 Å². The number of hydrogen-bond acceptors (Lipinski definition) is 6. The minimum absolute atomic E-state index is 0.0412. The summed E-state index contributed by atoms with van der Waals surface area (Å²) < 4.78 is 47.8. The molecule has 0 unspecified atom stereocenters. The molecule has 0 saturated carbocycles. The number of nitrogens with zero attached hydrogens (tertiary/aromatic N) is 3. The quantitative estimate of drug-likeness (QED) is 0.390. The average molecular weight is 577 g/mol. The van der Waals surface area contributed by atoms with Crippen LogP contribution in [0.3, 0.4) is 0 Å². The van der Waals surface area contributed by atoms with E-state index in [1.165, 1.54) is 12.1 Å². The number of alkyl halides is 3. The number of ether oxygens (including phenoxy) is 1. The van der Waals surface area contributed by atoms with Crippen LogP contribution < -0.4 is 0 Å². The summed E-state index contributed by atoms with van der Waals surface area (Å²) in [5, 5.41) is 7.08. The Hall–Kier alpha value is -2.86. The van der Waals surface area contributed by atoms with Crippen LogP contribution in [0, 0.1) is 0 Å². The Kier molecular flexibility index (Phi) is 6.95. The van der Waals surface area contributed by atoms with Crippen molar-refractivity contribution in [2.24, 2.45) is 0 Å². The first kappa shape index (κ1) is 26.4. The fraction of sp³-hybridized carbons (Fsp3) is 0.370. The van der Waals surface area contributed by atoms with Crippen LogP contribution in [0.25, 0.3) is 16.5 Å². The van der Waals surface area contributed by atoms with Crippen molar-refractivity contribution < 1.29 is 27.5 Å². The average Bonchev–Trinajstić information content (AvgIpc) is 3.63. The number of amides is 2. The van der Waals surface area contributed by atoms with E-state index in [1.807, 2.05) is 0 Å². The van der Waals surface area contributed by atoms with Gasteiger partial charge in [0.2, 0.25) is 0 Å². The van der Waals surface area contributed by atoms with Crippen molar-refractivity contribution in [2.75, 3.05) is 26.2 Å². The normalized spacial score (nSPS) is 23.6. The summed E-state index contributed by atoms with van der Waals surface area (Å²) in [5.74, 6) is -0.526. The number of nitrogens with one attached hydrogen (secondary N) is 1. The summed E-state index contributed by atoms with van der Waals surface area (Å²) in [7, 11) is 0. The lowest BCUT2D eigenvalue weighted by Gasteiger charge is -2.36. The van der Waals surface area contributed by atoms with Gasteiger partial charge in [-0.3, -0.25) is 24.5 Å². The third-order valence-electron chi connectivity index (χ3n) is 7.50. The molecule has 3 aliphatic rings. The molecule has 0 spiro atoms. The van der Waals surface area contributed by atoms with Crippen molar-refractivity contribution in [1.82, 2.24) is 20.0 Å². The summed E-state index contributed by atoms with van der Waals surface area (Å²) in [6, 6.07) is 9.17. The molecule has 1 aromatic heterocycles. The predicted molar refractivity (Wildman–Crippen MR) is 142 cm³/mol. The number of morpholine rings is 1. The number of halogens is 4. The topological polar surface area (TPSA) is 78.5 Å². The van der Waals surface area contributed by atoms with Gasteiger partial charge in [-0.25, -0.2) is 0 Å². The number of benzene rings is 2. The molecule has 0 aliphatic carbocycles. The van der Waals surface area contributed by atoms with E-state index >= 15 is 0 Å². The predicted octanol–water partition coefficient (Wildman–Crippen LogP) is 5.75. The van der Waals surface area contributed by atoms with E-state index in [0.717, 1.165) is 53.0 Å². The minimum Gasteiger partial charge on any atom is -0.373 e. The molecule has 3 aromatic rings. The molecule has 2 amide bonds. The fourth-order valence-electron chi connectivity index (χ4n) is 5.54. The Balaban J connectivity index is 1.37. The van der Waals surface area contributed by atoms with Gasteiger partial charge in [0.1, 0.15) is 0 Å². The van der Waals surface area contributed by atoms with Gasteiger partial charge in [0, 0.05) is 23.0 Å². The summed E-state index contributed by atoms with van der Waals surface area (Å²) in [6.45, 7) is 2.26. The number of fused-ring (bicyclic) bond motifs is 2. The first-order chi connectivity index (χ1) is 18.7. The van der Waals surface area contributed by atoms with Crippen molar-refractivity contribution >= 4 is 51.0 Å². The van der Waals surface area contributed by atoms with Gasteiger partial charge in [0.25, 0.3) is 11.1 Å². The number of allylic oxidation sites excluding steroid dienone is 1. The largest absolute Gasteiger partial charge is 0.416 e. The summed E-state index contributed by atoms with van der Waals surface area (Å²) in [6.07, 6.45) is -1.42. The number of carbonyl (C=O) groups excluding carboxylic acids is 2.